The van der Waals surface area contributed by atoms with Crippen molar-refractivity contribution in [2.75, 3.05) is 31.1 Å². The molecule has 4 aromatic rings. The monoisotopic (exact) mass is 563 g/mol. The molecule has 0 bridgehead atoms. The zero-order chi connectivity index (χ0) is 29.1. The number of benzene rings is 3. The number of anilines is 1. The molecule has 41 heavy (non-hydrogen) atoms. The Morgan fingerprint density at radius 3 is 2.05 bits per heavy atom. The summed E-state index contributed by atoms with van der Waals surface area (Å²) in [6.45, 7) is 4.03. The average Bonchev–Trinajstić information content (AvgIpc) is 2.97. The first-order valence-electron chi connectivity index (χ1n) is 13.5. The topological polar surface area (TPSA) is 76.5 Å². The molecule has 10 heteroatoms. The van der Waals surface area contributed by atoms with Gasteiger partial charge in [-0.3, -0.25) is 18.8 Å². The van der Waals surface area contributed by atoms with E-state index in [0.29, 0.717) is 44.1 Å². The zero-order valence-corrected chi connectivity index (χ0v) is 22.8. The van der Waals surface area contributed by atoms with Gasteiger partial charge in [-0.2, -0.15) is 0 Å². The first kappa shape index (κ1) is 28.4. The largest absolute Gasteiger partial charge is 0.363 e. The summed E-state index contributed by atoms with van der Waals surface area (Å²) in [6.07, 6.45) is 0. The first-order valence-corrected chi connectivity index (χ1v) is 13.5. The Morgan fingerprint density at radius 1 is 0.780 bits per heavy atom. The molecule has 1 aromatic heterocycles. The molecule has 2 N–H and O–H groups in total. The van der Waals surface area contributed by atoms with Gasteiger partial charge in [-0.15, -0.1) is 0 Å². The summed E-state index contributed by atoms with van der Waals surface area (Å²) in [5, 5.41) is 0. The van der Waals surface area contributed by atoms with Gasteiger partial charge in [-0.25, -0.2) is 18.0 Å². The Morgan fingerprint density at radius 2 is 1.41 bits per heavy atom. The van der Waals surface area contributed by atoms with E-state index in [1.165, 1.54) is 22.8 Å². The van der Waals surface area contributed by atoms with E-state index >= 15 is 0 Å². The molecule has 1 aliphatic heterocycles. The van der Waals surface area contributed by atoms with Crippen LogP contribution in [0.4, 0.5) is 18.9 Å². The zero-order valence-electron chi connectivity index (χ0n) is 22.8. The lowest BCUT2D eigenvalue weighted by Crippen LogP contribution is -2.51. The molecule has 1 fully saturated rings. The molecular weight excluding hydrogens is 531 g/mol. The van der Waals surface area contributed by atoms with Gasteiger partial charge in [0.1, 0.15) is 23.1 Å². The van der Waals surface area contributed by atoms with E-state index in [2.05, 4.69) is 4.90 Å². The summed E-state index contributed by atoms with van der Waals surface area (Å²) in [7, 11) is 0. The molecule has 7 nitrogen and oxygen atoms in total. The highest BCUT2D eigenvalue weighted by molar-refractivity contribution is 5.50. The Bertz CT molecular complexity index is 1610. The van der Waals surface area contributed by atoms with Crippen molar-refractivity contribution in [1.29, 1.82) is 0 Å². The normalized spacial score (nSPS) is 14.8. The Balaban J connectivity index is 1.49. The van der Waals surface area contributed by atoms with Crippen LogP contribution in [0.2, 0.25) is 0 Å². The maximum absolute atomic E-state index is 14.6. The molecule has 2 heterocycles. The molecule has 0 saturated carbocycles. The van der Waals surface area contributed by atoms with Crippen molar-refractivity contribution >= 4 is 5.69 Å². The Hall–Kier alpha value is -4.15. The van der Waals surface area contributed by atoms with Crippen molar-refractivity contribution in [3.63, 3.8) is 0 Å². The number of piperazine rings is 1. The highest BCUT2D eigenvalue weighted by Crippen LogP contribution is 2.21. The minimum absolute atomic E-state index is 0.0980. The van der Waals surface area contributed by atoms with Crippen molar-refractivity contribution in [3.05, 3.63) is 133 Å². The van der Waals surface area contributed by atoms with Crippen molar-refractivity contribution in [1.82, 2.24) is 14.0 Å². The van der Waals surface area contributed by atoms with Crippen molar-refractivity contribution in [2.45, 2.75) is 32.6 Å². The maximum atomic E-state index is 14.6. The molecule has 0 aliphatic carbocycles. The molecule has 5 rings (SSSR count). The van der Waals surface area contributed by atoms with E-state index in [1.54, 1.807) is 19.1 Å². The summed E-state index contributed by atoms with van der Waals surface area (Å²) in [6, 6.07) is 18.4. The van der Waals surface area contributed by atoms with E-state index in [0.717, 1.165) is 27.8 Å². The van der Waals surface area contributed by atoms with E-state index in [-0.39, 0.29) is 24.5 Å². The standard InChI is InChI=1S/C31H32F3N5O2/c1-21-29(37-16-14-36(15-17-37)18-22-10-12-24(32)13-11-22)30(40)39(20-28(35)23-6-3-2-4-7-23)31(41)38(21)19-25-26(33)8-5-9-27(25)34/h2-13,28H,14-20,35H2,1H3/t28-/m1/s1. The third-order valence-corrected chi connectivity index (χ3v) is 7.65. The van der Waals surface area contributed by atoms with Crippen LogP contribution in [-0.2, 0) is 19.6 Å². The lowest BCUT2D eigenvalue weighted by Gasteiger charge is -2.37. The van der Waals surface area contributed by atoms with Crippen LogP contribution in [0.3, 0.4) is 0 Å². The summed E-state index contributed by atoms with van der Waals surface area (Å²) in [4.78, 5) is 31.7. The Labute approximate surface area is 235 Å². The third-order valence-electron chi connectivity index (χ3n) is 7.65. The van der Waals surface area contributed by atoms with Gasteiger partial charge < -0.3 is 10.6 Å². The lowest BCUT2D eigenvalue weighted by molar-refractivity contribution is 0.249. The minimum Gasteiger partial charge on any atom is -0.363 e. The second kappa shape index (κ2) is 12.2. The van der Waals surface area contributed by atoms with Crippen LogP contribution in [0.1, 0.15) is 28.4 Å². The fraction of sp³-hybridized carbons (Fsp3) is 0.290. The molecule has 0 amide bonds. The van der Waals surface area contributed by atoms with Gasteiger partial charge in [0.05, 0.1) is 13.1 Å². The van der Waals surface area contributed by atoms with Gasteiger partial charge >= 0.3 is 5.69 Å². The fourth-order valence-electron chi connectivity index (χ4n) is 5.32. The van der Waals surface area contributed by atoms with Gasteiger partial charge in [0.25, 0.3) is 5.56 Å². The van der Waals surface area contributed by atoms with Crippen LogP contribution in [0.15, 0.2) is 82.4 Å². The molecule has 0 radical (unpaired) electrons. The van der Waals surface area contributed by atoms with Crippen LogP contribution in [0.25, 0.3) is 0 Å². The summed E-state index contributed by atoms with van der Waals surface area (Å²) >= 11 is 0. The number of hydrogen-bond acceptors (Lipinski definition) is 5. The molecule has 1 atom stereocenters. The third kappa shape index (κ3) is 6.13. The number of rotatable bonds is 8. The van der Waals surface area contributed by atoms with Gasteiger partial charge in [0.15, 0.2) is 0 Å². The maximum Gasteiger partial charge on any atom is 0.331 e. The number of nitrogens with zero attached hydrogens (tertiary/aromatic N) is 4. The van der Waals surface area contributed by atoms with Gasteiger partial charge in [0.2, 0.25) is 0 Å². The molecule has 214 valence electrons. The second-order valence-corrected chi connectivity index (χ2v) is 10.3. The summed E-state index contributed by atoms with van der Waals surface area (Å²) in [5.41, 5.74) is 7.36. The van der Waals surface area contributed by atoms with E-state index in [9.17, 15) is 22.8 Å². The van der Waals surface area contributed by atoms with E-state index < -0.39 is 28.9 Å². The smallest absolute Gasteiger partial charge is 0.331 e. The van der Waals surface area contributed by atoms with Gasteiger partial charge in [-0.1, -0.05) is 48.5 Å². The Kier molecular flexibility index (Phi) is 8.41. The predicted octanol–water partition coefficient (Wildman–Crippen LogP) is 3.81. The molecular formula is C31H32F3N5O2. The van der Waals surface area contributed by atoms with Crippen LogP contribution in [0, 0.1) is 24.4 Å². The molecule has 0 spiro atoms. The molecule has 3 aromatic carbocycles. The van der Waals surface area contributed by atoms with Gasteiger partial charge in [-0.05, 0) is 42.3 Å². The van der Waals surface area contributed by atoms with Crippen LogP contribution < -0.4 is 21.9 Å². The number of halogens is 3. The number of nitrogens with two attached hydrogens (primary N) is 1. The SMILES string of the molecule is Cc1c(N2CCN(Cc3ccc(F)cc3)CC2)c(=O)n(C[C@@H](N)c2ccccc2)c(=O)n1Cc1c(F)cccc1F. The van der Waals surface area contributed by atoms with Gasteiger partial charge in [0, 0.05) is 50.0 Å². The fourth-order valence-corrected chi connectivity index (χ4v) is 5.32. The van der Waals surface area contributed by atoms with Crippen molar-refractivity contribution in [2.24, 2.45) is 5.73 Å². The first-order chi connectivity index (χ1) is 19.7. The second-order valence-electron chi connectivity index (χ2n) is 10.3. The molecule has 0 unspecified atom stereocenters. The number of aromatic nitrogens is 2. The predicted molar refractivity (Wildman–Crippen MR) is 152 cm³/mol. The highest BCUT2D eigenvalue weighted by Gasteiger charge is 2.26. The molecule has 1 aliphatic rings. The summed E-state index contributed by atoms with van der Waals surface area (Å²) in [5.74, 6) is -1.83. The average molecular weight is 564 g/mol. The number of hydrogen-bond donors (Lipinski definition) is 1. The van der Waals surface area contributed by atoms with Crippen LogP contribution >= 0.6 is 0 Å². The van der Waals surface area contributed by atoms with Crippen LogP contribution in [0.5, 0.6) is 0 Å². The molecule has 1 saturated heterocycles. The highest BCUT2D eigenvalue weighted by atomic mass is 19.1. The quantitative estimate of drug-likeness (QED) is 0.353. The van der Waals surface area contributed by atoms with Crippen molar-refractivity contribution in [3.8, 4) is 0 Å². The van der Waals surface area contributed by atoms with Crippen LogP contribution in [-0.4, -0.2) is 40.2 Å². The van der Waals surface area contributed by atoms with E-state index in [4.69, 9.17) is 5.73 Å². The van der Waals surface area contributed by atoms with E-state index in [1.807, 2.05) is 35.2 Å². The summed E-state index contributed by atoms with van der Waals surface area (Å²) < 4.78 is 44.9. The minimum atomic E-state index is -0.772. The van der Waals surface area contributed by atoms with Crippen molar-refractivity contribution < 1.29 is 13.2 Å². The lowest BCUT2D eigenvalue weighted by atomic mass is 10.1.